The second-order valence-electron chi connectivity index (χ2n) is 7.76. The highest BCUT2D eigenvalue weighted by molar-refractivity contribution is 5.22. The van der Waals surface area contributed by atoms with Crippen molar-refractivity contribution in [2.45, 2.75) is 59.0 Å². The van der Waals surface area contributed by atoms with Gasteiger partial charge in [-0.15, -0.1) is 0 Å². The van der Waals surface area contributed by atoms with E-state index >= 15 is 0 Å². The summed E-state index contributed by atoms with van der Waals surface area (Å²) in [6, 6.07) is 7.68. The van der Waals surface area contributed by atoms with E-state index in [0.29, 0.717) is 16.9 Å². The molecule has 3 rings (SSSR count). The summed E-state index contributed by atoms with van der Waals surface area (Å²) in [6.45, 7) is 9.26. The summed E-state index contributed by atoms with van der Waals surface area (Å²) in [6.07, 6.45) is 3.99. The Kier molecular flexibility index (Phi) is 3.20. The quantitative estimate of drug-likeness (QED) is 0.843. The van der Waals surface area contributed by atoms with E-state index in [1.54, 1.807) is 12.1 Å². The van der Waals surface area contributed by atoms with Crippen LogP contribution in [0.2, 0.25) is 0 Å². The zero-order chi connectivity index (χ0) is 14.5. The van der Waals surface area contributed by atoms with Crippen molar-refractivity contribution >= 4 is 0 Å². The average molecular weight is 275 g/mol. The zero-order valence-corrected chi connectivity index (χ0v) is 13.0. The van der Waals surface area contributed by atoms with Crippen molar-refractivity contribution in [3.63, 3.8) is 0 Å². The Morgan fingerprint density at radius 1 is 1.25 bits per heavy atom. The first kappa shape index (κ1) is 14.1. The standard InChI is InChI=1S/C18H26FN/c1-12(14-7-5-6-8-15(14)19)20-16-17(2,3)13-9-10-18(16,4)11-13/h5-8,12-13,16,20H,9-11H2,1-4H3/t12-,13+,16?,18-/m1/s1. The Balaban J connectivity index is 1.83. The molecule has 4 atom stereocenters. The zero-order valence-electron chi connectivity index (χ0n) is 13.0. The van der Waals surface area contributed by atoms with E-state index in [1.165, 1.54) is 19.3 Å². The van der Waals surface area contributed by atoms with Crippen LogP contribution in [0.25, 0.3) is 0 Å². The normalized spacial score (nSPS) is 36.2. The summed E-state index contributed by atoms with van der Waals surface area (Å²) in [5.41, 5.74) is 1.48. The monoisotopic (exact) mass is 275 g/mol. The minimum atomic E-state index is -0.0985. The molecule has 0 amide bonds. The van der Waals surface area contributed by atoms with E-state index in [0.717, 1.165) is 11.5 Å². The molecule has 2 aliphatic carbocycles. The van der Waals surface area contributed by atoms with Gasteiger partial charge in [0.05, 0.1) is 0 Å². The van der Waals surface area contributed by atoms with Gasteiger partial charge in [0.1, 0.15) is 5.82 Å². The molecule has 1 N–H and O–H groups in total. The molecule has 0 saturated heterocycles. The van der Waals surface area contributed by atoms with Crippen molar-refractivity contribution in [2.75, 3.05) is 0 Å². The summed E-state index contributed by atoms with van der Waals surface area (Å²) < 4.78 is 13.9. The third-order valence-corrected chi connectivity index (χ3v) is 6.06. The molecule has 2 fully saturated rings. The molecular formula is C18H26FN. The fourth-order valence-electron chi connectivity index (χ4n) is 4.88. The molecule has 2 bridgehead atoms. The number of halogens is 1. The van der Waals surface area contributed by atoms with Crippen molar-refractivity contribution in [1.82, 2.24) is 5.32 Å². The molecule has 0 spiro atoms. The summed E-state index contributed by atoms with van der Waals surface area (Å²) in [7, 11) is 0. The van der Waals surface area contributed by atoms with E-state index < -0.39 is 0 Å². The van der Waals surface area contributed by atoms with Gasteiger partial charge < -0.3 is 5.32 Å². The Labute approximate surface area is 122 Å². The van der Waals surface area contributed by atoms with Crippen LogP contribution in [-0.2, 0) is 0 Å². The lowest BCUT2D eigenvalue weighted by molar-refractivity contribution is 0.0998. The fraction of sp³-hybridized carbons (Fsp3) is 0.667. The van der Waals surface area contributed by atoms with Gasteiger partial charge in [-0.25, -0.2) is 4.39 Å². The van der Waals surface area contributed by atoms with Crippen molar-refractivity contribution < 1.29 is 4.39 Å². The van der Waals surface area contributed by atoms with Crippen LogP contribution in [0.1, 0.15) is 58.6 Å². The maximum atomic E-state index is 13.9. The Morgan fingerprint density at radius 2 is 1.95 bits per heavy atom. The highest BCUT2D eigenvalue weighted by Crippen LogP contribution is 2.62. The van der Waals surface area contributed by atoms with Gasteiger partial charge in [0.25, 0.3) is 0 Å². The van der Waals surface area contributed by atoms with Gasteiger partial charge in [0.15, 0.2) is 0 Å². The topological polar surface area (TPSA) is 12.0 Å². The number of fused-ring (bicyclic) bond motifs is 2. The molecule has 2 aliphatic rings. The number of rotatable bonds is 3. The van der Waals surface area contributed by atoms with Gasteiger partial charge in [-0.1, -0.05) is 39.0 Å². The van der Waals surface area contributed by atoms with Gasteiger partial charge in [-0.3, -0.25) is 0 Å². The molecule has 0 heterocycles. The van der Waals surface area contributed by atoms with Crippen LogP contribution in [0.3, 0.4) is 0 Å². The Morgan fingerprint density at radius 3 is 2.55 bits per heavy atom. The predicted molar refractivity (Wildman–Crippen MR) is 81.0 cm³/mol. The van der Waals surface area contributed by atoms with Gasteiger partial charge in [0.2, 0.25) is 0 Å². The molecule has 0 aromatic heterocycles. The SMILES string of the molecule is C[C@@H](NC1C(C)(C)[C@H]2CC[C@]1(C)C2)c1ccccc1F. The molecule has 1 unspecified atom stereocenters. The van der Waals surface area contributed by atoms with E-state index in [1.807, 2.05) is 12.1 Å². The van der Waals surface area contributed by atoms with Crippen molar-refractivity contribution in [1.29, 1.82) is 0 Å². The van der Waals surface area contributed by atoms with Crippen LogP contribution < -0.4 is 5.32 Å². The van der Waals surface area contributed by atoms with Crippen LogP contribution in [-0.4, -0.2) is 6.04 Å². The second kappa shape index (κ2) is 4.56. The largest absolute Gasteiger partial charge is 0.306 e. The van der Waals surface area contributed by atoms with Crippen LogP contribution in [0, 0.1) is 22.6 Å². The third-order valence-electron chi connectivity index (χ3n) is 6.06. The molecule has 0 radical (unpaired) electrons. The van der Waals surface area contributed by atoms with Crippen LogP contribution in [0.15, 0.2) is 24.3 Å². The smallest absolute Gasteiger partial charge is 0.127 e. The maximum absolute atomic E-state index is 13.9. The number of hydrogen-bond donors (Lipinski definition) is 1. The minimum absolute atomic E-state index is 0.0663. The van der Waals surface area contributed by atoms with Crippen molar-refractivity contribution in [3.8, 4) is 0 Å². The predicted octanol–water partition coefficient (Wildman–Crippen LogP) is 4.69. The fourth-order valence-corrected chi connectivity index (χ4v) is 4.88. The summed E-state index contributed by atoms with van der Waals surface area (Å²) in [4.78, 5) is 0. The maximum Gasteiger partial charge on any atom is 0.127 e. The average Bonchev–Trinajstić information content (AvgIpc) is 2.86. The van der Waals surface area contributed by atoms with Gasteiger partial charge >= 0.3 is 0 Å². The first-order chi connectivity index (χ1) is 9.34. The number of benzene rings is 1. The van der Waals surface area contributed by atoms with Gasteiger partial charge in [-0.2, -0.15) is 0 Å². The first-order valence-electron chi connectivity index (χ1n) is 7.85. The third kappa shape index (κ3) is 2.00. The lowest BCUT2D eigenvalue weighted by Crippen LogP contribution is -2.51. The first-order valence-corrected chi connectivity index (χ1v) is 7.85. The van der Waals surface area contributed by atoms with Crippen LogP contribution in [0.5, 0.6) is 0 Å². The molecule has 1 nitrogen and oxygen atoms in total. The van der Waals surface area contributed by atoms with Crippen LogP contribution >= 0.6 is 0 Å². The minimum Gasteiger partial charge on any atom is -0.306 e. The van der Waals surface area contributed by atoms with Gasteiger partial charge in [0, 0.05) is 17.6 Å². The number of nitrogens with one attached hydrogen (secondary N) is 1. The molecule has 2 heteroatoms. The Bertz CT molecular complexity index is 505. The highest BCUT2D eigenvalue weighted by atomic mass is 19.1. The van der Waals surface area contributed by atoms with Crippen LogP contribution in [0.4, 0.5) is 4.39 Å². The lowest BCUT2D eigenvalue weighted by atomic mass is 9.68. The summed E-state index contributed by atoms with van der Waals surface area (Å²) in [5.74, 6) is 0.719. The van der Waals surface area contributed by atoms with Gasteiger partial charge in [-0.05, 0) is 49.0 Å². The molecule has 2 saturated carbocycles. The Hall–Kier alpha value is -0.890. The van der Waals surface area contributed by atoms with E-state index in [2.05, 4.69) is 33.0 Å². The molecule has 110 valence electrons. The van der Waals surface area contributed by atoms with Crippen molar-refractivity contribution in [2.24, 2.45) is 16.7 Å². The molecular weight excluding hydrogens is 249 g/mol. The molecule has 1 aromatic carbocycles. The number of hydrogen-bond acceptors (Lipinski definition) is 1. The molecule has 20 heavy (non-hydrogen) atoms. The van der Waals surface area contributed by atoms with E-state index in [-0.39, 0.29) is 11.9 Å². The summed E-state index contributed by atoms with van der Waals surface area (Å²) in [5, 5.41) is 3.76. The lowest BCUT2D eigenvalue weighted by Gasteiger charge is -2.44. The van der Waals surface area contributed by atoms with E-state index in [9.17, 15) is 4.39 Å². The molecule has 1 aromatic rings. The molecule has 0 aliphatic heterocycles. The van der Waals surface area contributed by atoms with Crippen molar-refractivity contribution in [3.05, 3.63) is 35.6 Å². The highest BCUT2D eigenvalue weighted by Gasteiger charge is 2.59. The second-order valence-corrected chi connectivity index (χ2v) is 7.76. The van der Waals surface area contributed by atoms with E-state index in [4.69, 9.17) is 0 Å². The summed E-state index contributed by atoms with van der Waals surface area (Å²) >= 11 is 0.